The Morgan fingerprint density at radius 2 is 1.83 bits per heavy atom. The molecule has 1 nitrogen and oxygen atoms in total. The fourth-order valence-electron chi connectivity index (χ4n) is 1.85. The van der Waals surface area contributed by atoms with E-state index in [1.54, 1.807) is 18.2 Å². The molecule has 2 aromatic rings. The van der Waals surface area contributed by atoms with Crippen LogP contribution in [-0.2, 0) is 5.41 Å². The molecule has 0 aliphatic carbocycles. The summed E-state index contributed by atoms with van der Waals surface area (Å²) >= 11 is 0. The van der Waals surface area contributed by atoms with Crippen molar-refractivity contribution in [2.24, 2.45) is 0 Å². The summed E-state index contributed by atoms with van der Waals surface area (Å²) in [6, 6.07) is 7.80. The average molecular weight is 246 g/mol. The number of hydrogen-bond acceptors (Lipinski definition) is 1. The summed E-state index contributed by atoms with van der Waals surface area (Å²) in [7, 11) is 0. The second-order valence-electron chi connectivity index (χ2n) is 5.37. The van der Waals surface area contributed by atoms with Crippen molar-refractivity contribution in [3.63, 3.8) is 0 Å². The van der Waals surface area contributed by atoms with Crippen LogP contribution in [0.1, 0.15) is 36.0 Å². The summed E-state index contributed by atoms with van der Waals surface area (Å²) in [6.07, 6.45) is 1.41. The van der Waals surface area contributed by atoms with Gasteiger partial charge in [-0.15, -0.1) is 0 Å². The Labute approximate surface area is 112 Å². The molecule has 0 aliphatic rings. The number of nitrogens with zero attached hydrogens (tertiary/aromatic N) is 1. The maximum atomic E-state index is 13.0. The van der Waals surface area contributed by atoms with E-state index in [2.05, 4.69) is 4.98 Å². The van der Waals surface area contributed by atoms with Crippen LogP contribution in [0.15, 0.2) is 36.5 Å². The zero-order chi connectivity index (χ0) is 15.8. The molecule has 0 aliphatic heterocycles. The minimum atomic E-state index is -2.20. The fraction of sp³-hybridized carbons (Fsp3) is 0.312. The van der Waals surface area contributed by atoms with Crippen LogP contribution in [0, 0.1) is 12.7 Å². The van der Waals surface area contributed by atoms with Crippen LogP contribution in [-0.4, -0.2) is 4.98 Å². The lowest BCUT2D eigenvalue weighted by Crippen LogP contribution is -2.13. The Kier molecular flexibility index (Phi) is 2.33. The van der Waals surface area contributed by atoms with E-state index in [1.165, 1.54) is 18.3 Å². The summed E-state index contributed by atoms with van der Waals surface area (Å²) in [5.41, 5.74) is 2.09. The maximum Gasteiger partial charge on any atom is 0.123 e. The van der Waals surface area contributed by atoms with Crippen molar-refractivity contribution >= 4 is 0 Å². The van der Waals surface area contributed by atoms with Gasteiger partial charge in [-0.25, -0.2) is 4.39 Å². The monoisotopic (exact) mass is 246 g/mol. The molecule has 0 bridgehead atoms. The van der Waals surface area contributed by atoms with Crippen molar-refractivity contribution < 1.29 is 8.50 Å². The van der Waals surface area contributed by atoms with Crippen molar-refractivity contribution in [1.82, 2.24) is 4.98 Å². The smallest absolute Gasteiger partial charge is 0.123 e. The molecular weight excluding hydrogens is 225 g/mol. The first kappa shape index (κ1) is 9.26. The highest BCUT2D eigenvalue weighted by Crippen LogP contribution is 2.28. The van der Waals surface area contributed by atoms with E-state index in [9.17, 15) is 4.39 Å². The third-order valence-electron chi connectivity index (χ3n) is 2.85. The molecule has 0 spiro atoms. The quantitative estimate of drug-likeness (QED) is 0.722. The zero-order valence-corrected chi connectivity index (χ0v) is 10.8. The topological polar surface area (TPSA) is 12.9 Å². The van der Waals surface area contributed by atoms with E-state index in [0.29, 0.717) is 5.69 Å². The van der Waals surface area contributed by atoms with Gasteiger partial charge < -0.3 is 0 Å². The largest absolute Gasteiger partial charge is 0.256 e. The van der Waals surface area contributed by atoms with Crippen molar-refractivity contribution in [2.75, 3.05) is 0 Å². The average Bonchev–Trinajstić information content (AvgIpc) is 2.37. The van der Waals surface area contributed by atoms with E-state index >= 15 is 0 Å². The number of pyridine rings is 1. The predicted octanol–water partition coefficient (Wildman–Crippen LogP) is 4.49. The molecule has 0 N–H and O–H groups in total. The predicted molar refractivity (Wildman–Crippen MR) is 73.1 cm³/mol. The van der Waals surface area contributed by atoms with E-state index in [1.807, 2.05) is 20.8 Å². The Bertz CT molecular complexity index is 640. The molecule has 0 saturated heterocycles. The van der Waals surface area contributed by atoms with Crippen LogP contribution in [0.2, 0.25) is 0 Å². The van der Waals surface area contributed by atoms with Gasteiger partial charge in [-0.2, -0.15) is 0 Å². The highest BCUT2D eigenvalue weighted by Gasteiger charge is 2.17. The van der Waals surface area contributed by atoms with E-state index in [4.69, 9.17) is 4.11 Å². The Morgan fingerprint density at radius 1 is 1.17 bits per heavy atom. The number of aryl methyl sites for hydroxylation is 1. The molecule has 0 unspecified atom stereocenters. The molecule has 94 valence electrons. The zero-order valence-electron chi connectivity index (χ0n) is 13.8. The SMILES string of the molecule is [2H]C([2H])([2H])c1cnc(-c2ccc(F)cc2)cc1C(C)(C)C. The lowest BCUT2D eigenvalue weighted by molar-refractivity contribution is 0.585. The van der Waals surface area contributed by atoms with Gasteiger partial charge in [-0.05, 0) is 53.7 Å². The number of rotatable bonds is 1. The highest BCUT2D eigenvalue weighted by molar-refractivity contribution is 5.60. The standard InChI is InChI=1S/C16H18FN/c1-11-10-18-15(9-14(11)16(2,3)4)12-5-7-13(17)8-6-12/h5-10H,1-4H3/i1D3. The molecule has 0 amide bonds. The third-order valence-corrected chi connectivity index (χ3v) is 2.85. The van der Waals surface area contributed by atoms with Gasteiger partial charge in [-0.3, -0.25) is 4.98 Å². The summed E-state index contributed by atoms with van der Waals surface area (Å²) in [6.45, 7) is 3.70. The van der Waals surface area contributed by atoms with Crippen LogP contribution >= 0.6 is 0 Å². The van der Waals surface area contributed by atoms with Crippen LogP contribution in [0.3, 0.4) is 0 Å². The fourth-order valence-corrected chi connectivity index (χ4v) is 1.85. The van der Waals surface area contributed by atoms with Crippen molar-refractivity contribution in [1.29, 1.82) is 0 Å². The summed E-state index contributed by atoms with van der Waals surface area (Å²) in [5, 5.41) is 0. The summed E-state index contributed by atoms with van der Waals surface area (Å²) in [4.78, 5) is 4.24. The minimum Gasteiger partial charge on any atom is -0.256 e. The third kappa shape index (κ3) is 2.58. The van der Waals surface area contributed by atoms with Crippen molar-refractivity contribution in [3.05, 3.63) is 53.5 Å². The van der Waals surface area contributed by atoms with E-state index in [0.717, 1.165) is 11.1 Å². The molecule has 2 heteroatoms. The molecule has 0 saturated carbocycles. The van der Waals surface area contributed by atoms with Crippen LogP contribution in [0.4, 0.5) is 4.39 Å². The molecule has 1 aromatic heterocycles. The van der Waals surface area contributed by atoms with Crippen LogP contribution < -0.4 is 0 Å². The lowest BCUT2D eigenvalue weighted by atomic mass is 9.84. The van der Waals surface area contributed by atoms with Gasteiger partial charge in [0.05, 0.1) is 5.69 Å². The van der Waals surface area contributed by atoms with Gasteiger partial charge in [0.15, 0.2) is 0 Å². The second-order valence-corrected chi connectivity index (χ2v) is 5.37. The number of hydrogen-bond donors (Lipinski definition) is 0. The van der Waals surface area contributed by atoms with E-state index < -0.39 is 6.85 Å². The van der Waals surface area contributed by atoms with E-state index in [-0.39, 0.29) is 16.8 Å². The molecule has 18 heavy (non-hydrogen) atoms. The summed E-state index contributed by atoms with van der Waals surface area (Å²) < 4.78 is 35.9. The minimum absolute atomic E-state index is 0.265. The van der Waals surface area contributed by atoms with Crippen molar-refractivity contribution in [2.45, 2.75) is 33.0 Å². The number of halogens is 1. The molecule has 0 fully saturated rings. The Morgan fingerprint density at radius 3 is 2.39 bits per heavy atom. The van der Waals surface area contributed by atoms with Crippen molar-refractivity contribution in [3.8, 4) is 11.3 Å². The normalized spacial score (nSPS) is 14.8. The van der Waals surface area contributed by atoms with Crippen LogP contribution in [0.25, 0.3) is 11.3 Å². The molecule has 1 heterocycles. The Hall–Kier alpha value is -1.70. The first-order chi connectivity index (χ1) is 9.59. The van der Waals surface area contributed by atoms with Gasteiger partial charge in [0, 0.05) is 15.9 Å². The Balaban J connectivity index is 2.60. The summed E-state index contributed by atoms with van der Waals surface area (Å²) in [5.74, 6) is -0.311. The second kappa shape index (κ2) is 4.52. The molecule has 0 radical (unpaired) electrons. The first-order valence-corrected chi connectivity index (χ1v) is 5.86. The van der Waals surface area contributed by atoms with Crippen LogP contribution in [0.5, 0.6) is 0 Å². The molecule has 0 atom stereocenters. The highest BCUT2D eigenvalue weighted by atomic mass is 19.1. The number of benzene rings is 1. The van der Waals surface area contributed by atoms with Gasteiger partial charge in [0.1, 0.15) is 5.82 Å². The molecule has 2 rings (SSSR count). The van der Waals surface area contributed by atoms with Gasteiger partial charge in [-0.1, -0.05) is 20.8 Å². The van der Waals surface area contributed by atoms with Gasteiger partial charge in [0.2, 0.25) is 0 Å². The lowest BCUT2D eigenvalue weighted by Gasteiger charge is -2.22. The maximum absolute atomic E-state index is 13.0. The number of aromatic nitrogens is 1. The molecule has 1 aromatic carbocycles. The first-order valence-electron chi connectivity index (χ1n) is 7.36. The van der Waals surface area contributed by atoms with Gasteiger partial charge in [0.25, 0.3) is 0 Å². The van der Waals surface area contributed by atoms with Gasteiger partial charge >= 0.3 is 0 Å². The molecular formula is C16H18FN.